The summed E-state index contributed by atoms with van der Waals surface area (Å²) in [6.07, 6.45) is 1.27. The van der Waals surface area contributed by atoms with Crippen LogP contribution in [-0.4, -0.2) is 35.4 Å². The minimum atomic E-state index is -0.508. The molecule has 0 fully saturated rings. The van der Waals surface area contributed by atoms with Crippen LogP contribution in [0.5, 0.6) is 5.75 Å². The molecule has 0 saturated carbocycles. The maximum atomic E-state index is 10.6. The second-order valence-electron chi connectivity index (χ2n) is 6.08. The van der Waals surface area contributed by atoms with Crippen molar-refractivity contribution in [1.29, 1.82) is 0 Å². The lowest BCUT2D eigenvalue weighted by Gasteiger charge is -2.35. The predicted molar refractivity (Wildman–Crippen MR) is 94.3 cm³/mol. The van der Waals surface area contributed by atoms with Crippen molar-refractivity contribution in [2.24, 2.45) is 0 Å². The van der Waals surface area contributed by atoms with Crippen LogP contribution in [0.25, 0.3) is 0 Å². The Morgan fingerprint density at radius 3 is 2.45 bits per heavy atom. The van der Waals surface area contributed by atoms with Gasteiger partial charge >= 0.3 is 0 Å². The van der Waals surface area contributed by atoms with Crippen LogP contribution in [0.15, 0.2) is 12.1 Å². The predicted octanol–water partition coefficient (Wildman–Crippen LogP) is 3.01. The lowest BCUT2D eigenvalue weighted by molar-refractivity contribution is 0.110. The number of halogens is 1. The van der Waals surface area contributed by atoms with Crippen LogP contribution in [0.4, 0.5) is 5.69 Å². The molecule has 1 aliphatic carbocycles. The van der Waals surface area contributed by atoms with E-state index in [0.29, 0.717) is 11.8 Å². The number of hydrogen-bond acceptors (Lipinski definition) is 4. The highest BCUT2D eigenvalue weighted by Gasteiger charge is 2.31. The smallest absolute Gasteiger partial charge is 0.139 e. The van der Waals surface area contributed by atoms with Crippen LogP contribution < -0.4 is 10.2 Å². The fraction of sp³-hybridized carbons (Fsp3) is 0.647. The Balaban J connectivity index is 0.00000242. The van der Waals surface area contributed by atoms with E-state index >= 15 is 0 Å². The Morgan fingerprint density at radius 2 is 1.91 bits per heavy atom. The number of aromatic hydroxyl groups is 1. The van der Waals surface area contributed by atoms with E-state index in [0.717, 1.165) is 42.7 Å². The fourth-order valence-electron chi connectivity index (χ4n) is 3.35. The Bertz CT molecular complexity index is 490. The van der Waals surface area contributed by atoms with Crippen molar-refractivity contribution < 1.29 is 10.2 Å². The number of hydrogen-bond donors (Lipinski definition) is 3. The largest absolute Gasteiger partial charge is 0.506 e. The first kappa shape index (κ1) is 19.1. The van der Waals surface area contributed by atoms with Gasteiger partial charge in [-0.25, -0.2) is 0 Å². The highest BCUT2D eigenvalue weighted by atomic mass is 35.5. The molecule has 1 aromatic rings. The lowest BCUT2D eigenvalue weighted by atomic mass is 9.84. The quantitative estimate of drug-likeness (QED) is 0.777. The highest BCUT2D eigenvalue weighted by Crippen LogP contribution is 2.41. The fourth-order valence-corrected chi connectivity index (χ4v) is 3.35. The third-order valence-electron chi connectivity index (χ3n) is 4.33. The zero-order valence-electron chi connectivity index (χ0n) is 14.0. The van der Waals surface area contributed by atoms with Crippen molar-refractivity contribution in [2.45, 2.75) is 58.7 Å². The van der Waals surface area contributed by atoms with E-state index in [1.165, 1.54) is 0 Å². The van der Waals surface area contributed by atoms with Crippen LogP contribution in [0.3, 0.4) is 0 Å². The third-order valence-corrected chi connectivity index (χ3v) is 4.33. The summed E-state index contributed by atoms with van der Waals surface area (Å²) < 4.78 is 0. The van der Waals surface area contributed by atoms with Crippen molar-refractivity contribution in [3.63, 3.8) is 0 Å². The van der Waals surface area contributed by atoms with Gasteiger partial charge in [0, 0.05) is 25.2 Å². The summed E-state index contributed by atoms with van der Waals surface area (Å²) in [7, 11) is 0. The number of fused-ring (bicyclic) bond motifs is 1. The van der Waals surface area contributed by atoms with E-state index in [4.69, 9.17) is 0 Å². The van der Waals surface area contributed by atoms with Crippen molar-refractivity contribution >= 4 is 18.1 Å². The van der Waals surface area contributed by atoms with Gasteiger partial charge in [0.05, 0.1) is 11.8 Å². The van der Waals surface area contributed by atoms with Crippen molar-refractivity contribution in [3.05, 3.63) is 23.3 Å². The average Bonchev–Trinajstić information content (AvgIpc) is 2.45. The molecule has 2 atom stereocenters. The first-order valence-electron chi connectivity index (χ1n) is 8.03. The van der Waals surface area contributed by atoms with Gasteiger partial charge in [-0.15, -0.1) is 12.4 Å². The molecule has 0 aromatic heterocycles. The second kappa shape index (κ2) is 8.04. The minimum Gasteiger partial charge on any atom is -0.506 e. The normalized spacial score (nSPS) is 20.5. The average molecular weight is 329 g/mol. The van der Waals surface area contributed by atoms with Gasteiger partial charge in [-0.2, -0.15) is 0 Å². The topological polar surface area (TPSA) is 55.7 Å². The number of aliphatic hydroxyl groups excluding tert-OH is 1. The van der Waals surface area contributed by atoms with Gasteiger partial charge < -0.3 is 20.4 Å². The van der Waals surface area contributed by atoms with Gasteiger partial charge in [0.15, 0.2) is 0 Å². The first-order valence-corrected chi connectivity index (χ1v) is 8.03. The van der Waals surface area contributed by atoms with Gasteiger partial charge in [-0.3, -0.25) is 0 Å². The number of aliphatic hydroxyl groups is 1. The van der Waals surface area contributed by atoms with Crippen LogP contribution in [0, 0.1) is 0 Å². The molecule has 0 bridgehead atoms. The van der Waals surface area contributed by atoms with Crippen LogP contribution in [0.1, 0.15) is 51.3 Å². The van der Waals surface area contributed by atoms with E-state index in [9.17, 15) is 10.2 Å². The van der Waals surface area contributed by atoms with Crippen molar-refractivity contribution in [1.82, 2.24) is 5.32 Å². The van der Waals surface area contributed by atoms with Crippen molar-refractivity contribution in [2.75, 3.05) is 18.0 Å². The summed E-state index contributed by atoms with van der Waals surface area (Å²) in [6, 6.07) is 4.03. The van der Waals surface area contributed by atoms with Gasteiger partial charge in [-0.1, -0.05) is 19.9 Å². The molecule has 0 heterocycles. The number of benzene rings is 1. The van der Waals surface area contributed by atoms with Crippen LogP contribution >= 0.6 is 12.4 Å². The Morgan fingerprint density at radius 1 is 1.27 bits per heavy atom. The molecule has 5 heteroatoms. The zero-order valence-corrected chi connectivity index (χ0v) is 14.8. The van der Waals surface area contributed by atoms with Gasteiger partial charge in [0.25, 0.3) is 0 Å². The molecule has 0 aliphatic heterocycles. The first-order chi connectivity index (χ1) is 9.99. The molecule has 0 spiro atoms. The molecule has 3 N–H and O–H groups in total. The Hall–Kier alpha value is -0.970. The maximum Gasteiger partial charge on any atom is 0.139 e. The van der Waals surface area contributed by atoms with Crippen LogP contribution in [-0.2, 0) is 6.42 Å². The Labute approximate surface area is 139 Å². The highest BCUT2D eigenvalue weighted by molar-refractivity contribution is 5.85. The summed E-state index contributed by atoms with van der Waals surface area (Å²) in [5, 5.41) is 24.3. The van der Waals surface area contributed by atoms with Crippen molar-refractivity contribution in [3.8, 4) is 5.75 Å². The molecule has 4 nitrogen and oxygen atoms in total. The van der Waals surface area contributed by atoms with E-state index in [1.807, 2.05) is 6.07 Å². The summed E-state index contributed by atoms with van der Waals surface area (Å²) in [4.78, 5) is 2.16. The maximum absolute atomic E-state index is 10.6. The monoisotopic (exact) mass is 328 g/mol. The zero-order chi connectivity index (χ0) is 15.6. The summed E-state index contributed by atoms with van der Waals surface area (Å²) in [6.45, 7) is 10.1. The standard InChI is InChI=1S/C17H28N2O2.ClH/c1-5-19(6-2)16-12-7-9-14(18-11(3)4)17(21)13(12)8-10-15(16)20;/h8,10-11,14,17-18,20-21H,5-7,9H2,1-4H3;1H/t14-,17-;/m1./s1. The molecular formula is C17H29ClN2O2. The van der Waals surface area contributed by atoms with E-state index in [-0.39, 0.29) is 18.4 Å². The number of nitrogens with zero attached hydrogens (tertiary/aromatic N) is 1. The number of nitrogens with one attached hydrogen (secondary N) is 1. The number of anilines is 1. The lowest BCUT2D eigenvalue weighted by Crippen LogP contribution is -2.42. The molecule has 22 heavy (non-hydrogen) atoms. The van der Waals surface area contributed by atoms with E-state index < -0.39 is 6.10 Å². The summed E-state index contributed by atoms with van der Waals surface area (Å²) in [5.41, 5.74) is 2.96. The SMILES string of the molecule is CCN(CC)c1c(O)ccc2c1CC[C@@H](NC(C)C)[C@@H]2O.Cl. The molecule has 0 saturated heterocycles. The molecule has 126 valence electrons. The third kappa shape index (κ3) is 3.67. The molecule has 2 rings (SSSR count). The summed E-state index contributed by atoms with van der Waals surface area (Å²) >= 11 is 0. The summed E-state index contributed by atoms with van der Waals surface area (Å²) in [5.74, 6) is 0.319. The number of rotatable bonds is 5. The van der Waals surface area contributed by atoms with E-state index in [2.05, 4.69) is 37.9 Å². The molecule has 0 amide bonds. The van der Waals surface area contributed by atoms with E-state index in [1.54, 1.807) is 6.07 Å². The second-order valence-corrected chi connectivity index (χ2v) is 6.08. The molecule has 0 unspecified atom stereocenters. The minimum absolute atomic E-state index is 0. The molecular weight excluding hydrogens is 300 g/mol. The molecule has 1 aliphatic rings. The van der Waals surface area contributed by atoms with Gasteiger partial charge in [-0.05, 0) is 43.9 Å². The Kier molecular flexibility index (Phi) is 6.98. The number of phenols is 1. The number of phenolic OH excluding ortho intramolecular Hbond substituents is 1. The molecule has 1 aromatic carbocycles. The van der Waals surface area contributed by atoms with Gasteiger partial charge in [0.1, 0.15) is 5.75 Å². The van der Waals surface area contributed by atoms with Gasteiger partial charge in [0.2, 0.25) is 0 Å². The van der Waals surface area contributed by atoms with Crippen LogP contribution in [0.2, 0.25) is 0 Å². The molecule has 0 radical (unpaired) electrons.